The number of terminal acetylenes is 1. The molecule has 158 valence electrons. The van der Waals surface area contributed by atoms with Gasteiger partial charge in [-0.1, -0.05) is 12.1 Å². The lowest BCUT2D eigenvalue weighted by Crippen LogP contribution is -2.36. The summed E-state index contributed by atoms with van der Waals surface area (Å²) in [5.74, 6) is 4.56. The van der Waals surface area contributed by atoms with Crippen LogP contribution >= 0.6 is 0 Å². The Balaban J connectivity index is 1.64. The second-order valence-corrected chi connectivity index (χ2v) is 7.63. The lowest BCUT2D eigenvalue weighted by Gasteiger charge is -2.31. The Bertz CT molecular complexity index is 1070. The number of aromatic nitrogens is 3. The minimum atomic E-state index is 0.408. The van der Waals surface area contributed by atoms with Gasteiger partial charge in [0.15, 0.2) is 0 Å². The number of nitrogens with zero attached hydrogens (tertiary/aromatic N) is 4. The van der Waals surface area contributed by atoms with Crippen molar-refractivity contribution >= 4 is 17.3 Å². The van der Waals surface area contributed by atoms with E-state index in [4.69, 9.17) is 11.2 Å². The van der Waals surface area contributed by atoms with Gasteiger partial charge in [-0.2, -0.15) is 0 Å². The van der Waals surface area contributed by atoms with E-state index in [0.717, 1.165) is 48.5 Å². The molecule has 1 saturated heterocycles. The molecule has 2 N–H and O–H groups in total. The molecular weight excluding hydrogens is 388 g/mol. The van der Waals surface area contributed by atoms with E-state index in [9.17, 15) is 0 Å². The Kier molecular flexibility index (Phi) is 6.29. The predicted octanol–water partition coefficient (Wildman–Crippen LogP) is 3.78. The molecule has 1 aromatic carbocycles. The van der Waals surface area contributed by atoms with E-state index >= 15 is 0 Å². The molecule has 0 amide bonds. The molecule has 0 unspecified atom stereocenters. The molecule has 31 heavy (non-hydrogen) atoms. The molecule has 0 atom stereocenters. The first-order valence-electron chi connectivity index (χ1n) is 10.3. The zero-order chi connectivity index (χ0) is 21.6. The highest BCUT2D eigenvalue weighted by Crippen LogP contribution is 2.33. The number of pyridine rings is 1. The highest BCUT2D eigenvalue weighted by atomic mass is 16.5. The summed E-state index contributed by atoms with van der Waals surface area (Å²) < 4.78 is 5.41. The van der Waals surface area contributed by atoms with Crippen LogP contribution in [0.4, 0.5) is 17.3 Å². The standard InChI is InChI=1S/C24H26N6O/c1-4-18-14-26-24(16-25-18)29-23-13-22(28-19-8-10-30(2)11-9-19)21(15-27-23)17-6-5-7-20(12-17)31-3/h1,5-7,12-16,19H,8-11H2,2-3H3,(H2,26,27,28,29). The van der Waals surface area contributed by atoms with E-state index in [1.54, 1.807) is 19.5 Å². The second-order valence-electron chi connectivity index (χ2n) is 7.63. The fraction of sp³-hybridized carbons (Fsp3) is 0.292. The molecule has 1 fully saturated rings. The number of likely N-dealkylation sites (tertiary alicyclic amines) is 1. The van der Waals surface area contributed by atoms with Crippen molar-refractivity contribution in [2.75, 3.05) is 37.9 Å². The van der Waals surface area contributed by atoms with Crippen LogP contribution in [0.25, 0.3) is 11.1 Å². The van der Waals surface area contributed by atoms with Crippen molar-refractivity contribution in [3.63, 3.8) is 0 Å². The van der Waals surface area contributed by atoms with Gasteiger partial charge >= 0.3 is 0 Å². The van der Waals surface area contributed by atoms with Crippen LogP contribution in [-0.2, 0) is 0 Å². The minimum absolute atomic E-state index is 0.408. The molecule has 7 nitrogen and oxygen atoms in total. The maximum Gasteiger partial charge on any atom is 0.150 e. The van der Waals surface area contributed by atoms with E-state index in [0.29, 0.717) is 23.4 Å². The number of rotatable bonds is 6. The zero-order valence-corrected chi connectivity index (χ0v) is 17.8. The largest absolute Gasteiger partial charge is 0.497 e. The zero-order valence-electron chi connectivity index (χ0n) is 17.8. The fourth-order valence-corrected chi connectivity index (χ4v) is 3.63. The highest BCUT2D eigenvalue weighted by Gasteiger charge is 2.18. The van der Waals surface area contributed by atoms with Gasteiger partial charge in [-0.05, 0) is 56.6 Å². The molecule has 1 aliphatic heterocycles. The first-order valence-corrected chi connectivity index (χ1v) is 10.3. The minimum Gasteiger partial charge on any atom is -0.497 e. The molecule has 1 aliphatic rings. The van der Waals surface area contributed by atoms with Crippen molar-refractivity contribution in [3.8, 4) is 29.2 Å². The van der Waals surface area contributed by atoms with Crippen LogP contribution < -0.4 is 15.4 Å². The third kappa shape index (κ3) is 5.11. The van der Waals surface area contributed by atoms with Crippen LogP contribution in [0.2, 0.25) is 0 Å². The molecule has 0 saturated carbocycles. The normalized spacial score (nSPS) is 14.6. The summed E-state index contributed by atoms with van der Waals surface area (Å²) in [7, 11) is 3.84. The Morgan fingerprint density at radius 3 is 2.58 bits per heavy atom. The average molecular weight is 415 g/mol. The Morgan fingerprint density at radius 2 is 1.87 bits per heavy atom. The van der Waals surface area contributed by atoms with Crippen LogP contribution in [-0.4, -0.2) is 53.1 Å². The Hall–Kier alpha value is -3.63. The van der Waals surface area contributed by atoms with E-state index in [2.05, 4.69) is 49.5 Å². The lowest BCUT2D eigenvalue weighted by atomic mass is 10.0. The van der Waals surface area contributed by atoms with Crippen LogP contribution in [0.1, 0.15) is 18.5 Å². The van der Waals surface area contributed by atoms with Crippen molar-refractivity contribution < 1.29 is 4.74 Å². The first kappa shape index (κ1) is 20.6. The van der Waals surface area contributed by atoms with Gasteiger partial charge in [-0.3, -0.25) is 0 Å². The molecule has 4 rings (SSSR count). The first-order chi connectivity index (χ1) is 15.1. The van der Waals surface area contributed by atoms with Gasteiger partial charge in [0.2, 0.25) is 0 Å². The van der Waals surface area contributed by atoms with Gasteiger partial charge < -0.3 is 20.3 Å². The monoisotopic (exact) mass is 414 g/mol. The van der Waals surface area contributed by atoms with Gasteiger partial charge in [0.05, 0.1) is 19.5 Å². The summed E-state index contributed by atoms with van der Waals surface area (Å²) in [4.78, 5) is 15.4. The summed E-state index contributed by atoms with van der Waals surface area (Å²) in [5, 5.41) is 6.96. The molecule has 3 heterocycles. The molecular formula is C24H26N6O. The third-order valence-corrected chi connectivity index (χ3v) is 5.42. The number of nitrogens with one attached hydrogen (secondary N) is 2. The summed E-state index contributed by atoms with van der Waals surface area (Å²) in [6.07, 6.45) is 12.6. The fourth-order valence-electron chi connectivity index (χ4n) is 3.63. The van der Waals surface area contributed by atoms with Gasteiger partial charge in [-0.15, -0.1) is 6.42 Å². The van der Waals surface area contributed by atoms with Gasteiger partial charge in [0, 0.05) is 29.6 Å². The summed E-state index contributed by atoms with van der Waals surface area (Å²) >= 11 is 0. The second kappa shape index (κ2) is 9.45. The third-order valence-electron chi connectivity index (χ3n) is 5.42. The average Bonchev–Trinajstić information content (AvgIpc) is 2.81. The van der Waals surface area contributed by atoms with Crippen molar-refractivity contribution in [1.29, 1.82) is 0 Å². The molecule has 0 aliphatic carbocycles. The van der Waals surface area contributed by atoms with Gasteiger partial charge in [0.25, 0.3) is 0 Å². The lowest BCUT2D eigenvalue weighted by molar-refractivity contribution is 0.264. The molecule has 0 spiro atoms. The smallest absolute Gasteiger partial charge is 0.150 e. The number of methoxy groups -OCH3 is 1. The van der Waals surface area contributed by atoms with E-state index in [1.807, 2.05) is 30.5 Å². The van der Waals surface area contributed by atoms with Crippen LogP contribution in [0.5, 0.6) is 5.75 Å². The molecule has 0 bridgehead atoms. The number of anilines is 3. The maximum atomic E-state index is 5.41. The van der Waals surface area contributed by atoms with Crippen molar-refractivity contribution in [1.82, 2.24) is 19.9 Å². The molecule has 7 heteroatoms. The maximum absolute atomic E-state index is 5.41. The van der Waals surface area contributed by atoms with Crippen molar-refractivity contribution in [2.45, 2.75) is 18.9 Å². The van der Waals surface area contributed by atoms with E-state index < -0.39 is 0 Å². The molecule has 3 aromatic rings. The number of ether oxygens (including phenoxy) is 1. The van der Waals surface area contributed by atoms with Gasteiger partial charge in [0.1, 0.15) is 23.1 Å². The summed E-state index contributed by atoms with van der Waals surface area (Å²) in [6, 6.07) is 10.4. The predicted molar refractivity (Wildman–Crippen MR) is 124 cm³/mol. The molecule has 0 radical (unpaired) electrons. The van der Waals surface area contributed by atoms with E-state index in [-0.39, 0.29) is 0 Å². The van der Waals surface area contributed by atoms with Crippen LogP contribution in [0.3, 0.4) is 0 Å². The van der Waals surface area contributed by atoms with Gasteiger partial charge in [-0.25, -0.2) is 15.0 Å². The Labute approximate surface area is 182 Å². The van der Waals surface area contributed by atoms with Crippen LogP contribution in [0, 0.1) is 12.3 Å². The number of benzene rings is 1. The number of hydrogen-bond donors (Lipinski definition) is 2. The highest BCUT2D eigenvalue weighted by molar-refractivity contribution is 5.80. The Morgan fingerprint density at radius 1 is 1.06 bits per heavy atom. The van der Waals surface area contributed by atoms with E-state index in [1.165, 1.54) is 0 Å². The number of hydrogen-bond acceptors (Lipinski definition) is 7. The molecule has 2 aromatic heterocycles. The summed E-state index contributed by atoms with van der Waals surface area (Å²) in [5.41, 5.74) is 3.59. The quantitative estimate of drug-likeness (QED) is 0.595. The van der Waals surface area contributed by atoms with Crippen LogP contribution in [0.15, 0.2) is 48.9 Å². The topological polar surface area (TPSA) is 75.2 Å². The van der Waals surface area contributed by atoms with Crippen molar-refractivity contribution in [3.05, 3.63) is 54.6 Å². The van der Waals surface area contributed by atoms with Crippen molar-refractivity contribution in [2.24, 2.45) is 0 Å². The SMILES string of the molecule is C#Cc1cnc(Nc2cc(NC3CCN(C)CC3)c(-c3cccc(OC)c3)cn2)cn1. The summed E-state index contributed by atoms with van der Waals surface area (Å²) in [6.45, 7) is 2.17. The number of piperidine rings is 1.